The Balaban J connectivity index is 4.99. The topological polar surface area (TPSA) is 80.4 Å². The van der Waals surface area contributed by atoms with Gasteiger partial charge >= 0.3 is 0 Å². The molecule has 0 bridgehead atoms. The first kappa shape index (κ1) is 10.4. The summed E-state index contributed by atoms with van der Waals surface area (Å²) in [7, 11) is -4.09. The molecule has 0 aliphatic heterocycles. The summed E-state index contributed by atoms with van der Waals surface area (Å²) in [6.07, 6.45) is 0. The Morgan fingerprint density at radius 1 is 1.45 bits per heavy atom. The lowest BCUT2D eigenvalue weighted by molar-refractivity contribution is 0.489. The Labute approximate surface area is 66.8 Å². The number of rotatable bonds is 2. The van der Waals surface area contributed by atoms with Gasteiger partial charge in [-0.1, -0.05) is 13.8 Å². The maximum Gasteiger partial charge on any atom is 0.292 e. The van der Waals surface area contributed by atoms with Crippen molar-refractivity contribution in [2.75, 3.05) is 0 Å². The summed E-state index contributed by atoms with van der Waals surface area (Å²) in [4.78, 5) is -0.160. The molecule has 66 valence electrons. The van der Waals surface area contributed by atoms with Gasteiger partial charge in [0.2, 0.25) is 0 Å². The van der Waals surface area contributed by atoms with Crippen molar-refractivity contribution in [2.24, 2.45) is 11.7 Å². The molecule has 0 amide bonds. The molecule has 3 N–H and O–H groups in total. The quantitative estimate of drug-likeness (QED) is 0.612. The normalized spacial score (nSPS) is 15.0. The summed E-state index contributed by atoms with van der Waals surface area (Å²) < 4.78 is 29.5. The van der Waals surface area contributed by atoms with Crippen LogP contribution in [0.25, 0.3) is 0 Å². The lowest BCUT2D eigenvalue weighted by Crippen LogP contribution is -2.13. The first-order chi connectivity index (χ1) is 4.76. The minimum atomic E-state index is -4.09. The Hall–Kier alpha value is -0.550. The number of allylic oxidation sites excluding steroid dienone is 2. The number of hydrogen-bond donors (Lipinski definition) is 2. The molecule has 0 fully saturated rings. The van der Waals surface area contributed by atoms with Crippen molar-refractivity contribution in [3.05, 3.63) is 10.6 Å². The van der Waals surface area contributed by atoms with Crippen molar-refractivity contribution >= 4 is 10.1 Å². The molecular formula is C6H13NO3S. The van der Waals surface area contributed by atoms with E-state index < -0.39 is 10.1 Å². The predicted octanol–water partition coefficient (Wildman–Crippen LogP) is 0.720. The summed E-state index contributed by atoms with van der Waals surface area (Å²) >= 11 is 0. The van der Waals surface area contributed by atoms with Crippen LogP contribution in [0.2, 0.25) is 0 Å². The predicted molar refractivity (Wildman–Crippen MR) is 43.3 cm³/mol. The largest absolute Gasteiger partial charge is 0.401 e. The van der Waals surface area contributed by atoms with Gasteiger partial charge in [-0.05, 0) is 12.8 Å². The summed E-state index contributed by atoms with van der Waals surface area (Å²) in [6, 6.07) is 0. The highest BCUT2D eigenvalue weighted by Crippen LogP contribution is 2.12. The van der Waals surface area contributed by atoms with Gasteiger partial charge in [-0.3, -0.25) is 4.55 Å². The molecule has 0 aliphatic carbocycles. The van der Waals surface area contributed by atoms with Crippen LogP contribution in [-0.2, 0) is 10.1 Å². The molecule has 0 aromatic carbocycles. The molecular weight excluding hydrogens is 166 g/mol. The minimum absolute atomic E-state index is 0.0723. The molecule has 11 heavy (non-hydrogen) atoms. The molecule has 5 heteroatoms. The van der Waals surface area contributed by atoms with E-state index in [1.807, 2.05) is 0 Å². The fourth-order valence-corrected chi connectivity index (χ4v) is 1.09. The zero-order valence-electron chi connectivity index (χ0n) is 6.83. The van der Waals surface area contributed by atoms with Gasteiger partial charge in [-0.2, -0.15) is 8.42 Å². The van der Waals surface area contributed by atoms with E-state index in [1.165, 1.54) is 6.92 Å². The fourth-order valence-electron chi connectivity index (χ4n) is 0.555. The molecule has 4 nitrogen and oxygen atoms in total. The van der Waals surface area contributed by atoms with E-state index in [1.54, 1.807) is 13.8 Å². The Morgan fingerprint density at radius 2 is 1.82 bits per heavy atom. The van der Waals surface area contributed by atoms with Crippen LogP contribution in [0.3, 0.4) is 0 Å². The van der Waals surface area contributed by atoms with Gasteiger partial charge in [0, 0.05) is 5.70 Å². The van der Waals surface area contributed by atoms with E-state index in [9.17, 15) is 8.42 Å². The van der Waals surface area contributed by atoms with Gasteiger partial charge in [0.05, 0.1) is 4.91 Å². The second kappa shape index (κ2) is 3.23. The van der Waals surface area contributed by atoms with Gasteiger partial charge in [0.25, 0.3) is 10.1 Å². The molecule has 0 aliphatic rings. The third-order valence-corrected chi connectivity index (χ3v) is 2.43. The van der Waals surface area contributed by atoms with Gasteiger partial charge in [-0.15, -0.1) is 0 Å². The van der Waals surface area contributed by atoms with Crippen LogP contribution in [0.15, 0.2) is 10.6 Å². The van der Waals surface area contributed by atoms with Crippen LogP contribution in [0.1, 0.15) is 20.8 Å². The highest BCUT2D eigenvalue weighted by atomic mass is 32.2. The smallest absolute Gasteiger partial charge is 0.292 e. The van der Waals surface area contributed by atoms with Crippen LogP contribution in [-0.4, -0.2) is 13.0 Å². The van der Waals surface area contributed by atoms with Gasteiger partial charge in [-0.25, -0.2) is 0 Å². The molecule has 0 radical (unpaired) electrons. The molecule has 0 spiro atoms. The van der Waals surface area contributed by atoms with Crippen molar-refractivity contribution in [3.63, 3.8) is 0 Å². The molecule has 0 aromatic heterocycles. The maximum atomic E-state index is 10.5. The molecule has 0 unspecified atom stereocenters. The lowest BCUT2D eigenvalue weighted by atomic mass is 10.1. The van der Waals surface area contributed by atoms with Gasteiger partial charge in [0.1, 0.15) is 0 Å². The van der Waals surface area contributed by atoms with E-state index in [2.05, 4.69) is 0 Å². The van der Waals surface area contributed by atoms with Gasteiger partial charge in [0.15, 0.2) is 0 Å². The highest BCUT2D eigenvalue weighted by Gasteiger charge is 2.13. The average Bonchev–Trinajstić information content (AvgIpc) is 1.82. The first-order valence-electron chi connectivity index (χ1n) is 3.20. The second-order valence-corrected chi connectivity index (χ2v) is 4.20. The Morgan fingerprint density at radius 3 is 1.91 bits per heavy atom. The lowest BCUT2D eigenvalue weighted by Gasteiger charge is -2.07. The number of nitrogens with two attached hydrogens (primary N) is 1. The van der Waals surface area contributed by atoms with Crippen molar-refractivity contribution in [2.45, 2.75) is 20.8 Å². The second-order valence-electron chi connectivity index (χ2n) is 2.64. The van der Waals surface area contributed by atoms with Crippen molar-refractivity contribution in [1.29, 1.82) is 0 Å². The molecule has 0 rings (SSSR count). The molecule has 0 aromatic rings. The Bertz CT molecular complexity index is 264. The van der Waals surface area contributed by atoms with Crippen molar-refractivity contribution < 1.29 is 13.0 Å². The zero-order chi connectivity index (χ0) is 9.23. The minimum Gasteiger partial charge on any atom is -0.401 e. The Kier molecular flexibility index (Phi) is 3.07. The van der Waals surface area contributed by atoms with Crippen molar-refractivity contribution in [3.8, 4) is 0 Å². The van der Waals surface area contributed by atoms with Crippen LogP contribution in [0.4, 0.5) is 0 Å². The van der Waals surface area contributed by atoms with Crippen molar-refractivity contribution in [1.82, 2.24) is 0 Å². The molecule has 0 heterocycles. The van der Waals surface area contributed by atoms with Crippen LogP contribution >= 0.6 is 0 Å². The average molecular weight is 179 g/mol. The van der Waals surface area contributed by atoms with Crippen LogP contribution < -0.4 is 5.73 Å². The fraction of sp³-hybridized carbons (Fsp3) is 0.667. The van der Waals surface area contributed by atoms with Gasteiger partial charge < -0.3 is 5.73 Å². The third-order valence-electron chi connectivity index (χ3n) is 1.42. The molecule has 0 atom stereocenters. The molecule has 0 saturated carbocycles. The first-order valence-corrected chi connectivity index (χ1v) is 4.64. The summed E-state index contributed by atoms with van der Waals surface area (Å²) in [5.41, 5.74) is 5.59. The van der Waals surface area contributed by atoms with E-state index >= 15 is 0 Å². The standard InChI is InChI=1S/C6H13NO3S/c1-4(2)6(7)5(3)11(8,9)10/h4H,7H2,1-3H3,(H,8,9,10)/b6-5+. The molecule has 0 saturated heterocycles. The van der Waals surface area contributed by atoms with E-state index in [0.29, 0.717) is 0 Å². The van der Waals surface area contributed by atoms with Crippen LogP contribution in [0.5, 0.6) is 0 Å². The monoisotopic (exact) mass is 179 g/mol. The zero-order valence-corrected chi connectivity index (χ0v) is 7.64. The highest BCUT2D eigenvalue weighted by molar-refractivity contribution is 7.89. The third kappa shape index (κ3) is 2.90. The van der Waals surface area contributed by atoms with E-state index in [-0.39, 0.29) is 16.5 Å². The summed E-state index contributed by atoms with van der Waals surface area (Å²) in [5, 5.41) is 0. The summed E-state index contributed by atoms with van der Waals surface area (Å²) in [6.45, 7) is 4.79. The van der Waals surface area contributed by atoms with E-state index in [4.69, 9.17) is 10.3 Å². The van der Waals surface area contributed by atoms with E-state index in [0.717, 1.165) is 0 Å². The number of hydrogen-bond acceptors (Lipinski definition) is 3. The van der Waals surface area contributed by atoms with Crippen LogP contribution in [0, 0.1) is 5.92 Å². The summed E-state index contributed by atoms with van der Waals surface area (Å²) in [5.74, 6) is -0.0723. The SMILES string of the molecule is C/C(=C(\N)C(C)C)S(=O)(=O)O. The maximum absolute atomic E-state index is 10.5.